The average Bonchev–Trinajstić information content (AvgIpc) is 3.15. The molecule has 0 amide bonds. The highest BCUT2D eigenvalue weighted by atomic mass is 31.2. The molecule has 168 valence electrons. The summed E-state index contributed by atoms with van der Waals surface area (Å²) in [4.78, 5) is 7.09. The predicted octanol–water partition coefficient (Wildman–Crippen LogP) is 6.11. The van der Waals surface area contributed by atoms with Crippen molar-refractivity contribution in [1.82, 2.24) is 9.38 Å². The number of hydrogen-bond donors (Lipinski definition) is 0. The standard InChI is InChI=1S/C22H19FN5O4P/c23-17-11-13-28-21(20(16-25-27-24)26-22(28)15-17)12-14-30-33(29,31-18-7-3-1-4-8-18)32-19-9-5-2-6-10-19/h1-11,13,15H,12,14,16H2. The Kier molecular flexibility index (Phi) is 6.90. The predicted molar refractivity (Wildman–Crippen MR) is 119 cm³/mol. The largest absolute Gasteiger partial charge is 0.587 e. The van der Waals surface area contributed by atoms with Gasteiger partial charge in [0.05, 0.1) is 18.8 Å². The zero-order chi connectivity index (χ0) is 23.1. The number of nitrogens with zero attached hydrogens (tertiary/aromatic N) is 5. The van der Waals surface area contributed by atoms with Gasteiger partial charge >= 0.3 is 7.82 Å². The molecule has 0 aliphatic rings. The molecule has 11 heteroatoms. The molecule has 0 radical (unpaired) electrons. The molecule has 4 aromatic rings. The van der Waals surface area contributed by atoms with Crippen molar-refractivity contribution in [3.8, 4) is 11.5 Å². The van der Waals surface area contributed by atoms with Gasteiger partial charge in [-0.1, -0.05) is 41.5 Å². The molecule has 0 saturated carbocycles. The molecular formula is C22H19FN5O4P. The summed E-state index contributed by atoms with van der Waals surface area (Å²) in [7, 11) is -4.06. The Labute approximate surface area is 188 Å². The van der Waals surface area contributed by atoms with Crippen molar-refractivity contribution in [1.29, 1.82) is 0 Å². The molecule has 2 aromatic heterocycles. The maximum atomic E-state index is 13.6. The third-order valence-corrected chi connectivity index (χ3v) is 5.93. The second-order valence-electron chi connectivity index (χ2n) is 6.81. The van der Waals surface area contributed by atoms with E-state index in [1.807, 2.05) is 0 Å². The Morgan fingerprint density at radius 1 is 1.03 bits per heavy atom. The monoisotopic (exact) mass is 467 g/mol. The molecule has 0 saturated heterocycles. The molecule has 2 heterocycles. The van der Waals surface area contributed by atoms with Gasteiger partial charge < -0.3 is 13.4 Å². The molecule has 9 nitrogen and oxygen atoms in total. The Morgan fingerprint density at radius 2 is 1.67 bits per heavy atom. The van der Waals surface area contributed by atoms with E-state index in [1.165, 1.54) is 18.3 Å². The molecule has 2 aromatic carbocycles. The summed E-state index contributed by atoms with van der Waals surface area (Å²) in [6.45, 7) is -0.0841. The maximum absolute atomic E-state index is 13.6. The zero-order valence-corrected chi connectivity index (χ0v) is 18.2. The van der Waals surface area contributed by atoms with Crippen LogP contribution in [0.15, 0.2) is 84.1 Å². The van der Waals surface area contributed by atoms with Crippen LogP contribution in [0.3, 0.4) is 0 Å². The van der Waals surface area contributed by atoms with Gasteiger partial charge in [-0.15, -0.1) is 0 Å². The lowest BCUT2D eigenvalue weighted by atomic mass is 10.2. The summed E-state index contributed by atoms with van der Waals surface area (Å²) < 4.78 is 45.6. The van der Waals surface area contributed by atoms with Gasteiger partial charge in [-0.2, -0.15) is 0 Å². The van der Waals surface area contributed by atoms with Crippen molar-refractivity contribution in [3.05, 3.63) is 107 Å². The molecule has 0 spiro atoms. The number of phosphoric ester groups is 1. The Bertz CT molecular complexity index is 1280. The van der Waals surface area contributed by atoms with Crippen LogP contribution in [0.5, 0.6) is 11.5 Å². The Morgan fingerprint density at radius 3 is 2.27 bits per heavy atom. The highest BCUT2D eigenvalue weighted by molar-refractivity contribution is 7.49. The second-order valence-corrected chi connectivity index (χ2v) is 8.32. The number of hydrogen-bond acceptors (Lipinski definition) is 6. The lowest BCUT2D eigenvalue weighted by Crippen LogP contribution is -2.09. The normalized spacial score (nSPS) is 11.2. The third-order valence-electron chi connectivity index (χ3n) is 4.56. The van der Waals surface area contributed by atoms with Gasteiger partial charge in [-0.05, 0) is 35.9 Å². The van der Waals surface area contributed by atoms with Crippen LogP contribution < -0.4 is 9.05 Å². The first-order chi connectivity index (χ1) is 16.1. The van der Waals surface area contributed by atoms with Crippen molar-refractivity contribution in [2.45, 2.75) is 13.0 Å². The Hall–Kier alpha value is -3.84. The average molecular weight is 467 g/mol. The number of halogens is 1. The molecule has 0 atom stereocenters. The minimum atomic E-state index is -4.06. The number of fused-ring (bicyclic) bond motifs is 1. The van der Waals surface area contributed by atoms with E-state index in [1.54, 1.807) is 65.1 Å². The van der Waals surface area contributed by atoms with E-state index < -0.39 is 13.6 Å². The number of rotatable bonds is 10. The summed E-state index contributed by atoms with van der Waals surface area (Å²) in [5, 5.41) is 3.55. The van der Waals surface area contributed by atoms with Gasteiger partial charge in [0, 0.05) is 29.3 Å². The maximum Gasteiger partial charge on any atom is 0.587 e. The second kappa shape index (κ2) is 10.2. The third kappa shape index (κ3) is 5.70. The van der Waals surface area contributed by atoms with Gasteiger partial charge in [0.1, 0.15) is 23.0 Å². The van der Waals surface area contributed by atoms with Gasteiger partial charge in [-0.25, -0.2) is 13.9 Å². The van der Waals surface area contributed by atoms with Crippen molar-refractivity contribution in [3.63, 3.8) is 0 Å². The summed E-state index contributed by atoms with van der Waals surface area (Å²) >= 11 is 0. The van der Waals surface area contributed by atoms with E-state index in [9.17, 15) is 8.96 Å². The van der Waals surface area contributed by atoms with E-state index in [2.05, 4.69) is 15.0 Å². The van der Waals surface area contributed by atoms with Crippen LogP contribution in [0.1, 0.15) is 11.4 Å². The van der Waals surface area contributed by atoms with Crippen molar-refractivity contribution < 1.29 is 22.5 Å². The van der Waals surface area contributed by atoms with E-state index >= 15 is 0 Å². The minimum absolute atomic E-state index is 0.0200. The summed E-state index contributed by atoms with van der Waals surface area (Å²) in [5.41, 5.74) is 10.1. The molecule has 4 rings (SSSR count). The highest BCUT2D eigenvalue weighted by Crippen LogP contribution is 2.49. The number of para-hydroxylation sites is 2. The van der Waals surface area contributed by atoms with Crippen LogP contribution in [0.25, 0.3) is 16.1 Å². The van der Waals surface area contributed by atoms with Gasteiger partial charge in [0.15, 0.2) is 0 Å². The number of pyridine rings is 1. The van der Waals surface area contributed by atoms with Crippen LogP contribution in [0.4, 0.5) is 4.39 Å². The van der Waals surface area contributed by atoms with E-state index in [0.29, 0.717) is 28.5 Å². The molecule has 33 heavy (non-hydrogen) atoms. The highest BCUT2D eigenvalue weighted by Gasteiger charge is 2.31. The lowest BCUT2D eigenvalue weighted by Gasteiger charge is -2.19. The molecule has 0 fully saturated rings. The summed E-state index contributed by atoms with van der Waals surface area (Å²) in [6.07, 6.45) is 1.75. The van der Waals surface area contributed by atoms with Crippen molar-refractivity contribution in [2.75, 3.05) is 6.61 Å². The first kappa shape index (κ1) is 22.4. The SMILES string of the molecule is [N-]=[N+]=NCc1nc2cc(F)ccn2c1CCOP(=O)(Oc1ccccc1)Oc1ccccc1. The van der Waals surface area contributed by atoms with E-state index in [4.69, 9.17) is 19.1 Å². The number of benzene rings is 2. The minimum Gasteiger partial charge on any atom is -0.395 e. The molecule has 0 aliphatic carbocycles. The molecule has 0 unspecified atom stereocenters. The fourth-order valence-corrected chi connectivity index (χ4v) is 4.37. The van der Waals surface area contributed by atoms with E-state index in [-0.39, 0.29) is 19.6 Å². The zero-order valence-electron chi connectivity index (χ0n) is 17.3. The lowest BCUT2D eigenvalue weighted by molar-refractivity contribution is 0.211. The van der Waals surface area contributed by atoms with Crippen LogP contribution in [0.2, 0.25) is 0 Å². The fraction of sp³-hybridized carbons (Fsp3) is 0.136. The van der Waals surface area contributed by atoms with Crippen molar-refractivity contribution >= 4 is 13.5 Å². The fourth-order valence-electron chi connectivity index (χ4n) is 3.16. The van der Waals surface area contributed by atoms with Crippen LogP contribution >= 0.6 is 7.82 Å². The molecular weight excluding hydrogens is 448 g/mol. The molecule has 0 aliphatic heterocycles. The van der Waals surface area contributed by atoms with Crippen molar-refractivity contribution in [2.24, 2.45) is 5.11 Å². The van der Waals surface area contributed by atoms with Gasteiger partial charge in [-0.3, -0.25) is 4.52 Å². The quantitative estimate of drug-likeness (QED) is 0.121. The first-order valence-corrected chi connectivity index (χ1v) is 11.4. The number of aromatic nitrogens is 2. The van der Waals surface area contributed by atoms with Crippen LogP contribution in [0, 0.1) is 5.82 Å². The van der Waals surface area contributed by atoms with Crippen LogP contribution in [-0.4, -0.2) is 16.0 Å². The summed E-state index contributed by atoms with van der Waals surface area (Å²) in [6, 6.07) is 19.7. The van der Waals surface area contributed by atoms with Gasteiger partial charge in [0.2, 0.25) is 0 Å². The number of phosphoric acid groups is 1. The Balaban J connectivity index is 1.56. The van der Waals surface area contributed by atoms with E-state index in [0.717, 1.165) is 0 Å². The molecule has 0 N–H and O–H groups in total. The number of imidazole rings is 1. The molecule has 0 bridgehead atoms. The van der Waals surface area contributed by atoms with Crippen LogP contribution in [-0.2, 0) is 22.1 Å². The smallest absolute Gasteiger partial charge is 0.395 e. The van der Waals surface area contributed by atoms with Gasteiger partial charge in [0.25, 0.3) is 0 Å². The summed E-state index contributed by atoms with van der Waals surface area (Å²) in [5.74, 6) is 0.208. The number of azide groups is 1. The topological polar surface area (TPSA) is 111 Å². The first-order valence-electron chi connectivity index (χ1n) is 9.96.